The summed E-state index contributed by atoms with van der Waals surface area (Å²) < 4.78 is 35.6. The molecular formula is C9H8FNO2S. The molecule has 0 fully saturated rings. The van der Waals surface area contributed by atoms with Gasteiger partial charge in [-0.2, -0.15) is 5.26 Å². The van der Waals surface area contributed by atoms with Gasteiger partial charge in [0.2, 0.25) is 0 Å². The lowest BCUT2D eigenvalue weighted by Crippen LogP contribution is -2.04. The molecule has 0 aromatic heterocycles. The van der Waals surface area contributed by atoms with Crippen LogP contribution in [0, 0.1) is 17.1 Å². The van der Waals surface area contributed by atoms with E-state index in [1.807, 2.05) is 0 Å². The summed E-state index contributed by atoms with van der Waals surface area (Å²) in [6, 6.07) is 4.90. The molecule has 14 heavy (non-hydrogen) atoms. The molecule has 0 aliphatic rings. The molecule has 1 aromatic carbocycles. The van der Waals surface area contributed by atoms with Crippen LogP contribution >= 0.6 is 0 Å². The topological polar surface area (TPSA) is 57.9 Å². The summed E-state index contributed by atoms with van der Waals surface area (Å²) in [4.78, 5) is -0.0866. The lowest BCUT2D eigenvalue weighted by molar-refractivity contribution is 0.591. The van der Waals surface area contributed by atoms with Crippen LogP contribution in [0.5, 0.6) is 0 Å². The normalized spacial score (nSPS) is 10.9. The molecule has 0 amide bonds. The smallest absolute Gasteiger partial charge is 0.178 e. The second kappa shape index (κ2) is 3.76. The van der Waals surface area contributed by atoms with Crippen molar-refractivity contribution in [3.05, 3.63) is 29.6 Å². The average Bonchev–Trinajstić information content (AvgIpc) is 2.17. The van der Waals surface area contributed by atoms with E-state index in [1.54, 1.807) is 6.07 Å². The quantitative estimate of drug-likeness (QED) is 0.747. The molecule has 1 rings (SSSR count). The molecule has 0 spiro atoms. The minimum Gasteiger partial charge on any atom is -0.224 e. The Balaban J connectivity index is 3.31. The van der Waals surface area contributed by atoms with Crippen LogP contribution < -0.4 is 0 Å². The van der Waals surface area contributed by atoms with Gasteiger partial charge in [-0.05, 0) is 18.2 Å². The second-order valence-electron chi connectivity index (χ2n) is 2.66. The van der Waals surface area contributed by atoms with E-state index in [2.05, 4.69) is 0 Å². The van der Waals surface area contributed by atoms with E-state index in [1.165, 1.54) is 13.0 Å². The Kier molecular flexibility index (Phi) is 2.87. The van der Waals surface area contributed by atoms with Crippen molar-refractivity contribution < 1.29 is 12.8 Å². The van der Waals surface area contributed by atoms with Crippen LogP contribution in [0.4, 0.5) is 4.39 Å². The first-order valence-corrected chi connectivity index (χ1v) is 5.59. The minimum absolute atomic E-state index is 0.0850. The number of nitrogens with zero attached hydrogens (tertiary/aromatic N) is 1. The van der Waals surface area contributed by atoms with Crippen molar-refractivity contribution >= 4 is 9.84 Å². The van der Waals surface area contributed by atoms with Crippen molar-refractivity contribution in [3.63, 3.8) is 0 Å². The van der Waals surface area contributed by atoms with E-state index in [0.29, 0.717) is 0 Å². The Labute approximate surface area is 81.7 Å². The SMILES string of the molecule is CCS(=O)(=O)c1ccc(C#N)c(F)c1. The Hall–Kier alpha value is -1.41. The predicted molar refractivity (Wildman–Crippen MR) is 48.8 cm³/mol. The Morgan fingerprint density at radius 2 is 2.14 bits per heavy atom. The molecule has 0 unspecified atom stereocenters. The van der Waals surface area contributed by atoms with E-state index in [4.69, 9.17) is 5.26 Å². The van der Waals surface area contributed by atoms with Gasteiger partial charge in [-0.3, -0.25) is 0 Å². The van der Waals surface area contributed by atoms with Crippen molar-refractivity contribution in [1.29, 1.82) is 5.26 Å². The highest BCUT2D eigenvalue weighted by atomic mass is 32.2. The van der Waals surface area contributed by atoms with Crippen molar-refractivity contribution in [1.82, 2.24) is 0 Å². The van der Waals surface area contributed by atoms with Gasteiger partial charge in [0.15, 0.2) is 9.84 Å². The number of hydrogen-bond acceptors (Lipinski definition) is 3. The molecule has 74 valence electrons. The van der Waals surface area contributed by atoms with Gasteiger partial charge in [-0.1, -0.05) is 6.92 Å². The van der Waals surface area contributed by atoms with Crippen LogP contribution in [0.2, 0.25) is 0 Å². The maximum atomic E-state index is 13.0. The van der Waals surface area contributed by atoms with Gasteiger partial charge in [0.1, 0.15) is 11.9 Å². The molecule has 3 nitrogen and oxygen atoms in total. The van der Waals surface area contributed by atoms with Gasteiger partial charge in [0, 0.05) is 0 Å². The zero-order valence-electron chi connectivity index (χ0n) is 7.49. The summed E-state index contributed by atoms with van der Waals surface area (Å²) in [5.74, 6) is -0.889. The van der Waals surface area contributed by atoms with Crippen molar-refractivity contribution in [2.75, 3.05) is 5.75 Å². The fraction of sp³-hybridized carbons (Fsp3) is 0.222. The van der Waals surface area contributed by atoms with Crippen molar-refractivity contribution in [2.45, 2.75) is 11.8 Å². The monoisotopic (exact) mass is 213 g/mol. The molecule has 0 heterocycles. The number of rotatable bonds is 2. The lowest BCUT2D eigenvalue weighted by Gasteiger charge is -2.01. The van der Waals surface area contributed by atoms with Crippen LogP contribution in [0.1, 0.15) is 12.5 Å². The van der Waals surface area contributed by atoms with Crippen LogP contribution in [0.25, 0.3) is 0 Å². The molecule has 0 bridgehead atoms. The van der Waals surface area contributed by atoms with Crippen LogP contribution in [-0.4, -0.2) is 14.2 Å². The van der Waals surface area contributed by atoms with Crippen molar-refractivity contribution in [2.24, 2.45) is 0 Å². The van der Waals surface area contributed by atoms with E-state index in [0.717, 1.165) is 12.1 Å². The summed E-state index contributed by atoms with van der Waals surface area (Å²) in [6.07, 6.45) is 0. The van der Waals surface area contributed by atoms with Gasteiger partial charge < -0.3 is 0 Å². The zero-order chi connectivity index (χ0) is 10.8. The first kappa shape index (κ1) is 10.7. The number of nitriles is 1. The molecule has 0 aliphatic carbocycles. The van der Waals surface area contributed by atoms with Crippen LogP contribution in [0.15, 0.2) is 23.1 Å². The third-order valence-electron chi connectivity index (χ3n) is 1.80. The summed E-state index contributed by atoms with van der Waals surface area (Å²) >= 11 is 0. The maximum Gasteiger partial charge on any atom is 0.178 e. The molecule has 5 heteroatoms. The Morgan fingerprint density at radius 3 is 2.57 bits per heavy atom. The summed E-state index contributed by atoms with van der Waals surface area (Å²) in [7, 11) is -3.40. The molecule has 0 saturated carbocycles. The number of sulfone groups is 1. The number of benzene rings is 1. The highest BCUT2D eigenvalue weighted by Crippen LogP contribution is 2.15. The van der Waals surface area contributed by atoms with Crippen LogP contribution in [-0.2, 0) is 9.84 Å². The van der Waals surface area contributed by atoms with Gasteiger partial charge in [-0.15, -0.1) is 0 Å². The largest absolute Gasteiger partial charge is 0.224 e. The highest BCUT2D eigenvalue weighted by Gasteiger charge is 2.13. The zero-order valence-corrected chi connectivity index (χ0v) is 8.31. The van der Waals surface area contributed by atoms with Gasteiger partial charge in [-0.25, -0.2) is 12.8 Å². The number of halogens is 1. The third-order valence-corrected chi connectivity index (χ3v) is 3.53. The maximum absolute atomic E-state index is 13.0. The fourth-order valence-corrected chi connectivity index (χ4v) is 1.84. The molecule has 1 aromatic rings. The van der Waals surface area contributed by atoms with E-state index in [9.17, 15) is 12.8 Å². The molecule has 0 saturated heterocycles. The fourth-order valence-electron chi connectivity index (χ4n) is 0.947. The van der Waals surface area contributed by atoms with E-state index in [-0.39, 0.29) is 16.2 Å². The van der Waals surface area contributed by atoms with Gasteiger partial charge in [0.25, 0.3) is 0 Å². The Morgan fingerprint density at radius 1 is 1.50 bits per heavy atom. The molecular weight excluding hydrogens is 205 g/mol. The second-order valence-corrected chi connectivity index (χ2v) is 4.94. The first-order chi connectivity index (χ1) is 6.51. The van der Waals surface area contributed by atoms with E-state index < -0.39 is 15.7 Å². The summed E-state index contributed by atoms with van der Waals surface area (Å²) in [5.41, 5.74) is -0.153. The Bertz CT molecular complexity index is 488. The van der Waals surface area contributed by atoms with Crippen molar-refractivity contribution in [3.8, 4) is 6.07 Å². The van der Waals surface area contributed by atoms with Crippen LogP contribution in [0.3, 0.4) is 0 Å². The predicted octanol–water partition coefficient (Wildman–Crippen LogP) is 1.49. The minimum atomic E-state index is -3.40. The third kappa shape index (κ3) is 1.91. The molecule has 0 radical (unpaired) electrons. The first-order valence-electron chi connectivity index (χ1n) is 3.93. The summed E-state index contributed by atoms with van der Waals surface area (Å²) in [6.45, 7) is 1.48. The average molecular weight is 213 g/mol. The lowest BCUT2D eigenvalue weighted by atomic mass is 10.2. The summed E-state index contributed by atoms with van der Waals surface area (Å²) in [5, 5.41) is 8.43. The molecule has 0 atom stereocenters. The number of hydrogen-bond donors (Lipinski definition) is 0. The molecule has 0 aliphatic heterocycles. The standard InChI is InChI=1S/C9H8FNO2S/c1-2-14(12,13)8-4-3-7(6-11)9(10)5-8/h3-5H,2H2,1H3. The highest BCUT2D eigenvalue weighted by molar-refractivity contribution is 7.91. The van der Waals surface area contributed by atoms with E-state index >= 15 is 0 Å². The van der Waals surface area contributed by atoms with Gasteiger partial charge in [0.05, 0.1) is 16.2 Å². The molecule has 0 N–H and O–H groups in total. The van der Waals surface area contributed by atoms with Gasteiger partial charge >= 0.3 is 0 Å².